The second-order valence-electron chi connectivity index (χ2n) is 10.1. The summed E-state index contributed by atoms with van der Waals surface area (Å²) in [5.41, 5.74) is 0.999. The summed E-state index contributed by atoms with van der Waals surface area (Å²) in [4.78, 5) is 25.2. The highest BCUT2D eigenvalue weighted by Crippen LogP contribution is 2.50. The molecule has 6 unspecified atom stereocenters. The molecular weight excluding hydrogens is 492 g/mol. The molecule has 6 atom stereocenters. The van der Waals surface area contributed by atoms with Gasteiger partial charge in [0.25, 0.3) is 0 Å². The Labute approximate surface area is 209 Å². The molecule has 0 radical (unpaired) electrons. The smallest absolute Gasteiger partial charge is 0.309 e. The first kappa shape index (κ1) is 23.3. The molecule has 0 N–H and O–H groups in total. The zero-order chi connectivity index (χ0) is 24.0. The Kier molecular flexibility index (Phi) is 6.41. The topological polar surface area (TPSA) is 52.6 Å². The second-order valence-corrected chi connectivity index (χ2v) is 10.9. The van der Waals surface area contributed by atoms with E-state index in [2.05, 4.69) is 64.5 Å². The fraction of sp³-hybridized carbons (Fsp3) is 0.448. The quantitative estimate of drug-likeness (QED) is 0.250. The number of benzene rings is 3. The van der Waals surface area contributed by atoms with Gasteiger partial charge in [0.2, 0.25) is 0 Å². The number of carbonyl (C=O) groups excluding carboxylic acids is 2. The molecule has 3 aromatic carbocycles. The van der Waals surface area contributed by atoms with Crippen LogP contribution in [0.15, 0.2) is 53.0 Å². The maximum Gasteiger partial charge on any atom is 0.309 e. The Morgan fingerprint density at radius 2 is 1.76 bits per heavy atom. The van der Waals surface area contributed by atoms with Gasteiger partial charge in [-0.3, -0.25) is 9.59 Å². The molecule has 0 amide bonds. The first-order valence-corrected chi connectivity index (χ1v) is 13.2. The van der Waals surface area contributed by atoms with Gasteiger partial charge in [0, 0.05) is 4.47 Å². The molecule has 0 aliphatic heterocycles. The highest BCUT2D eigenvalue weighted by atomic mass is 79.9. The molecule has 2 aliphatic carbocycles. The number of fused-ring (bicyclic) bond motifs is 5. The molecule has 3 aromatic rings. The van der Waals surface area contributed by atoms with Crippen molar-refractivity contribution in [2.45, 2.75) is 58.7 Å². The van der Waals surface area contributed by atoms with E-state index in [4.69, 9.17) is 9.47 Å². The van der Waals surface area contributed by atoms with Gasteiger partial charge in [0.1, 0.15) is 12.2 Å². The lowest BCUT2D eigenvalue weighted by Crippen LogP contribution is -2.32. The van der Waals surface area contributed by atoms with E-state index >= 15 is 0 Å². The van der Waals surface area contributed by atoms with Crippen molar-refractivity contribution in [1.82, 2.24) is 0 Å². The largest absolute Gasteiger partial charge is 0.462 e. The number of esters is 2. The maximum absolute atomic E-state index is 13.0. The molecular formula is C29H31BrO4. The Morgan fingerprint density at radius 3 is 2.50 bits per heavy atom. The van der Waals surface area contributed by atoms with E-state index in [0.29, 0.717) is 0 Å². The zero-order valence-corrected chi connectivity index (χ0v) is 21.5. The normalized spacial score (nSPS) is 25.4. The molecule has 5 heteroatoms. The molecule has 2 bridgehead atoms. The first-order chi connectivity index (χ1) is 16.4. The summed E-state index contributed by atoms with van der Waals surface area (Å²) in [7, 11) is 0. The molecule has 34 heavy (non-hydrogen) atoms. The van der Waals surface area contributed by atoms with Crippen LogP contribution in [0.5, 0.6) is 0 Å². The van der Waals surface area contributed by atoms with Gasteiger partial charge in [0.05, 0.1) is 11.8 Å². The molecule has 0 spiro atoms. The predicted octanol–water partition coefficient (Wildman–Crippen LogP) is 7.36. The van der Waals surface area contributed by atoms with Gasteiger partial charge in [-0.15, -0.1) is 0 Å². The summed E-state index contributed by atoms with van der Waals surface area (Å²) >= 11 is 3.64. The molecule has 2 aliphatic rings. The van der Waals surface area contributed by atoms with Crippen molar-refractivity contribution < 1.29 is 19.1 Å². The van der Waals surface area contributed by atoms with Crippen molar-refractivity contribution in [2.75, 3.05) is 0 Å². The maximum atomic E-state index is 13.0. The average Bonchev–Trinajstić information content (AvgIpc) is 3.44. The van der Waals surface area contributed by atoms with Crippen LogP contribution in [0.3, 0.4) is 0 Å². The van der Waals surface area contributed by atoms with Gasteiger partial charge in [-0.25, -0.2) is 0 Å². The number of ether oxygens (including phenoxy) is 2. The summed E-state index contributed by atoms with van der Waals surface area (Å²) < 4.78 is 12.8. The lowest BCUT2D eigenvalue weighted by atomic mass is 9.87. The summed E-state index contributed by atoms with van der Waals surface area (Å²) in [6.07, 6.45) is 2.92. The third-order valence-corrected chi connectivity index (χ3v) is 8.68. The first-order valence-electron chi connectivity index (χ1n) is 12.4. The van der Waals surface area contributed by atoms with Crippen LogP contribution in [-0.2, 0) is 19.1 Å². The lowest BCUT2D eigenvalue weighted by Gasteiger charge is -2.28. The fourth-order valence-electron chi connectivity index (χ4n) is 5.75. The molecule has 2 fully saturated rings. The Bertz CT molecular complexity index is 1250. The van der Waals surface area contributed by atoms with Gasteiger partial charge in [-0.2, -0.15) is 0 Å². The second kappa shape index (κ2) is 9.33. The number of carbonyl (C=O) groups is 2. The van der Waals surface area contributed by atoms with Crippen molar-refractivity contribution in [2.24, 2.45) is 23.7 Å². The minimum absolute atomic E-state index is 0.0386. The van der Waals surface area contributed by atoms with E-state index in [9.17, 15) is 9.59 Å². The van der Waals surface area contributed by atoms with E-state index in [-0.39, 0.29) is 47.8 Å². The number of halogens is 1. The van der Waals surface area contributed by atoms with Crippen molar-refractivity contribution in [1.29, 1.82) is 0 Å². The summed E-state index contributed by atoms with van der Waals surface area (Å²) in [6.45, 7) is 5.85. The van der Waals surface area contributed by atoms with Crippen molar-refractivity contribution in [3.63, 3.8) is 0 Å². The van der Waals surface area contributed by atoms with Crippen LogP contribution in [0.1, 0.15) is 58.1 Å². The third-order valence-electron chi connectivity index (χ3n) is 7.99. The van der Waals surface area contributed by atoms with Gasteiger partial charge >= 0.3 is 11.9 Å². The number of hydrogen-bond acceptors (Lipinski definition) is 4. The molecule has 2 saturated carbocycles. The molecule has 4 nitrogen and oxygen atoms in total. The Morgan fingerprint density at radius 1 is 0.971 bits per heavy atom. The molecule has 0 heterocycles. The summed E-state index contributed by atoms with van der Waals surface area (Å²) in [6, 6.07) is 16.8. The van der Waals surface area contributed by atoms with Crippen LogP contribution in [-0.4, -0.2) is 18.0 Å². The monoisotopic (exact) mass is 522 g/mol. The van der Waals surface area contributed by atoms with Crippen LogP contribution >= 0.6 is 15.9 Å². The van der Waals surface area contributed by atoms with Crippen LogP contribution in [0.2, 0.25) is 0 Å². The van der Waals surface area contributed by atoms with E-state index < -0.39 is 0 Å². The van der Waals surface area contributed by atoms with Crippen molar-refractivity contribution in [3.05, 3.63) is 58.6 Å². The standard InChI is InChI=1S/C29H31BrO4/c1-4-16(2)28(31)34-27-15-20-13-21(27)14-25(20)29(32)33-17(3)18-8-10-22-19(12-18)9-11-24-23(22)6-5-7-26(24)30/h5-12,16-17,20-21,25,27H,4,13-15H2,1-3H3. The van der Waals surface area contributed by atoms with Gasteiger partial charge in [0.15, 0.2) is 0 Å². The predicted molar refractivity (Wildman–Crippen MR) is 137 cm³/mol. The average molecular weight is 523 g/mol. The summed E-state index contributed by atoms with van der Waals surface area (Å²) in [5, 5.41) is 4.71. The van der Waals surface area contributed by atoms with E-state index in [1.165, 1.54) is 16.2 Å². The van der Waals surface area contributed by atoms with Gasteiger partial charge < -0.3 is 9.47 Å². The van der Waals surface area contributed by atoms with Crippen molar-refractivity contribution >= 4 is 49.4 Å². The Hall–Kier alpha value is -2.40. The number of hydrogen-bond donors (Lipinski definition) is 0. The molecule has 5 rings (SSSR count). The minimum atomic E-state index is -0.312. The molecule has 0 saturated heterocycles. The van der Waals surface area contributed by atoms with E-state index in [1.54, 1.807) is 0 Å². The molecule has 0 aromatic heterocycles. The van der Waals surface area contributed by atoms with Crippen molar-refractivity contribution in [3.8, 4) is 0 Å². The third kappa shape index (κ3) is 4.24. The van der Waals surface area contributed by atoms with Crippen LogP contribution in [0, 0.1) is 23.7 Å². The SMILES string of the molecule is CCC(C)C(=O)OC1CC2CC1CC2C(=O)OC(C)c1ccc2c(ccc3c(Br)cccc32)c1. The van der Waals surface area contributed by atoms with Gasteiger partial charge in [-0.1, -0.05) is 66.2 Å². The highest BCUT2D eigenvalue weighted by Gasteiger charge is 2.51. The summed E-state index contributed by atoms with van der Waals surface area (Å²) in [5.74, 6) is 0.147. The zero-order valence-electron chi connectivity index (χ0n) is 19.9. The lowest BCUT2D eigenvalue weighted by molar-refractivity contribution is -0.160. The van der Waals surface area contributed by atoms with Gasteiger partial charge in [-0.05, 0) is 83.7 Å². The van der Waals surface area contributed by atoms with Crippen LogP contribution < -0.4 is 0 Å². The minimum Gasteiger partial charge on any atom is -0.462 e. The molecule has 178 valence electrons. The van der Waals surface area contributed by atoms with Crippen LogP contribution in [0.25, 0.3) is 21.5 Å². The van der Waals surface area contributed by atoms with E-state index in [0.717, 1.165) is 41.1 Å². The van der Waals surface area contributed by atoms with E-state index in [1.807, 2.05) is 20.8 Å². The Balaban J connectivity index is 1.25. The number of rotatable bonds is 6. The highest BCUT2D eigenvalue weighted by molar-refractivity contribution is 9.10. The van der Waals surface area contributed by atoms with Crippen LogP contribution in [0.4, 0.5) is 0 Å². The fourth-order valence-corrected chi connectivity index (χ4v) is 6.25.